The number of benzene rings is 1. The Balaban J connectivity index is 1.59. The van der Waals surface area contributed by atoms with Crippen LogP contribution in [0.3, 0.4) is 0 Å². The van der Waals surface area contributed by atoms with Crippen molar-refractivity contribution >= 4 is 15.9 Å². The van der Waals surface area contributed by atoms with Crippen LogP contribution in [-0.2, 0) is 14.8 Å². The molecule has 1 aromatic carbocycles. The number of sulfonamides is 1. The molecule has 3 rings (SSSR count). The predicted molar refractivity (Wildman–Crippen MR) is 91.9 cm³/mol. The zero-order chi connectivity index (χ0) is 18.0. The van der Waals surface area contributed by atoms with Crippen LogP contribution in [-0.4, -0.2) is 62.8 Å². The Labute approximate surface area is 148 Å². The summed E-state index contributed by atoms with van der Waals surface area (Å²) in [6.45, 7) is 2.41. The van der Waals surface area contributed by atoms with Gasteiger partial charge >= 0.3 is 0 Å². The molecule has 2 aliphatic heterocycles. The van der Waals surface area contributed by atoms with E-state index in [0.717, 1.165) is 38.1 Å². The minimum absolute atomic E-state index is 0.0604. The maximum atomic E-state index is 13.0. The molecule has 0 aromatic heterocycles. The molecule has 1 N–H and O–H groups in total. The summed E-state index contributed by atoms with van der Waals surface area (Å²) < 4.78 is 39.5. The Morgan fingerprint density at radius 3 is 2.40 bits per heavy atom. The lowest BCUT2D eigenvalue weighted by molar-refractivity contribution is -0.125. The molecule has 6 nitrogen and oxygen atoms in total. The molecule has 25 heavy (non-hydrogen) atoms. The highest BCUT2D eigenvalue weighted by molar-refractivity contribution is 7.89. The third-order valence-electron chi connectivity index (χ3n) is 5.04. The number of carbonyl (C=O) groups excluding carboxylic acids is 1. The fourth-order valence-electron chi connectivity index (χ4n) is 3.39. The van der Waals surface area contributed by atoms with Gasteiger partial charge < -0.3 is 10.2 Å². The molecule has 0 spiro atoms. The van der Waals surface area contributed by atoms with Crippen molar-refractivity contribution < 1.29 is 17.6 Å². The normalized spacial score (nSPS) is 23.7. The first-order valence-corrected chi connectivity index (χ1v) is 10.0. The summed E-state index contributed by atoms with van der Waals surface area (Å²) in [6.07, 6.45) is 2.36. The van der Waals surface area contributed by atoms with Crippen LogP contribution < -0.4 is 5.32 Å². The summed E-state index contributed by atoms with van der Waals surface area (Å²) in [6, 6.07) is 4.96. The van der Waals surface area contributed by atoms with Gasteiger partial charge in [0.25, 0.3) is 0 Å². The van der Waals surface area contributed by atoms with Crippen LogP contribution >= 0.6 is 0 Å². The van der Waals surface area contributed by atoms with Gasteiger partial charge in [0.05, 0.1) is 10.8 Å². The third kappa shape index (κ3) is 4.19. The fraction of sp³-hybridized carbons (Fsp3) is 0.588. The molecule has 0 unspecified atom stereocenters. The van der Waals surface area contributed by atoms with Crippen molar-refractivity contribution in [2.75, 3.05) is 33.2 Å². The largest absolute Gasteiger partial charge is 0.353 e. The van der Waals surface area contributed by atoms with E-state index in [1.54, 1.807) is 0 Å². The van der Waals surface area contributed by atoms with Gasteiger partial charge in [0, 0.05) is 19.1 Å². The van der Waals surface area contributed by atoms with Crippen LogP contribution in [0.4, 0.5) is 4.39 Å². The highest BCUT2D eigenvalue weighted by Crippen LogP contribution is 2.25. The lowest BCUT2D eigenvalue weighted by Gasteiger charge is -2.30. The van der Waals surface area contributed by atoms with Crippen LogP contribution in [0, 0.1) is 11.7 Å². The van der Waals surface area contributed by atoms with E-state index >= 15 is 0 Å². The molecule has 2 fully saturated rings. The molecular weight excluding hydrogens is 345 g/mol. The van der Waals surface area contributed by atoms with Gasteiger partial charge in [-0.25, -0.2) is 12.8 Å². The minimum Gasteiger partial charge on any atom is -0.353 e. The Bertz CT molecular complexity index is 715. The van der Waals surface area contributed by atoms with Crippen molar-refractivity contribution in [1.82, 2.24) is 14.5 Å². The second kappa shape index (κ2) is 7.39. The number of carbonyl (C=O) groups is 1. The average molecular weight is 369 g/mol. The number of hydrogen-bond donors (Lipinski definition) is 1. The van der Waals surface area contributed by atoms with Crippen molar-refractivity contribution in [3.8, 4) is 0 Å². The average Bonchev–Trinajstić information content (AvgIpc) is 3.08. The zero-order valence-electron chi connectivity index (χ0n) is 14.3. The van der Waals surface area contributed by atoms with E-state index in [2.05, 4.69) is 17.3 Å². The first-order chi connectivity index (χ1) is 11.9. The van der Waals surface area contributed by atoms with Crippen LogP contribution in [0.5, 0.6) is 0 Å². The molecule has 2 heterocycles. The maximum absolute atomic E-state index is 13.0. The number of hydrogen-bond acceptors (Lipinski definition) is 4. The van der Waals surface area contributed by atoms with E-state index in [9.17, 15) is 17.6 Å². The number of amides is 1. The lowest BCUT2D eigenvalue weighted by atomic mass is 10.0. The van der Waals surface area contributed by atoms with E-state index in [1.165, 1.54) is 16.4 Å². The van der Waals surface area contributed by atoms with E-state index in [1.807, 2.05) is 0 Å². The van der Waals surface area contributed by atoms with E-state index in [0.29, 0.717) is 13.0 Å². The van der Waals surface area contributed by atoms with E-state index < -0.39 is 15.8 Å². The van der Waals surface area contributed by atoms with Gasteiger partial charge in [0.1, 0.15) is 5.82 Å². The quantitative estimate of drug-likeness (QED) is 0.861. The summed E-state index contributed by atoms with van der Waals surface area (Å²) in [7, 11) is -1.62. The van der Waals surface area contributed by atoms with Crippen LogP contribution in [0.1, 0.15) is 19.3 Å². The van der Waals surface area contributed by atoms with Crippen molar-refractivity contribution in [2.45, 2.75) is 30.2 Å². The van der Waals surface area contributed by atoms with Crippen molar-refractivity contribution in [3.05, 3.63) is 30.1 Å². The Hall–Kier alpha value is -1.51. The van der Waals surface area contributed by atoms with Crippen molar-refractivity contribution in [1.29, 1.82) is 0 Å². The number of rotatable bonds is 4. The topological polar surface area (TPSA) is 69.7 Å². The summed E-state index contributed by atoms with van der Waals surface area (Å²) >= 11 is 0. The highest BCUT2D eigenvalue weighted by Gasteiger charge is 2.36. The Morgan fingerprint density at radius 1 is 1.12 bits per heavy atom. The first-order valence-electron chi connectivity index (χ1n) is 8.61. The molecule has 1 amide bonds. The van der Waals surface area contributed by atoms with E-state index in [-0.39, 0.29) is 29.3 Å². The lowest BCUT2D eigenvalue weighted by Crippen LogP contribution is -2.45. The third-order valence-corrected chi connectivity index (χ3v) is 6.92. The molecule has 0 radical (unpaired) electrons. The molecule has 2 saturated heterocycles. The summed E-state index contributed by atoms with van der Waals surface area (Å²) in [5, 5.41) is 3.06. The molecule has 0 saturated carbocycles. The Kier molecular flexibility index (Phi) is 5.41. The summed E-state index contributed by atoms with van der Waals surface area (Å²) in [4.78, 5) is 14.7. The van der Waals surface area contributed by atoms with Gasteiger partial charge in [-0.3, -0.25) is 4.79 Å². The van der Waals surface area contributed by atoms with Gasteiger partial charge in [-0.05, 0) is 63.7 Å². The highest BCUT2D eigenvalue weighted by atomic mass is 32.2. The SMILES string of the molecule is CN1CCC(NC(=O)[C@H]2CCN(S(=O)(=O)c3ccc(F)cc3)C2)CC1. The molecule has 0 aliphatic carbocycles. The van der Waals surface area contributed by atoms with Gasteiger partial charge in [-0.15, -0.1) is 0 Å². The Morgan fingerprint density at radius 2 is 1.76 bits per heavy atom. The predicted octanol–water partition coefficient (Wildman–Crippen LogP) is 1.05. The van der Waals surface area contributed by atoms with E-state index in [4.69, 9.17) is 0 Å². The molecular formula is C17H24FN3O3S. The monoisotopic (exact) mass is 369 g/mol. The summed E-state index contributed by atoms with van der Waals surface area (Å²) in [5.41, 5.74) is 0. The second-order valence-corrected chi connectivity index (χ2v) is 8.83. The van der Waals surface area contributed by atoms with Gasteiger partial charge in [-0.1, -0.05) is 0 Å². The molecule has 0 bridgehead atoms. The van der Waals surface area contributed by atoms with Gasteiger partial charge in [-0.2, -0.15) is 4.31 Å². The van der Waals surface area contributed by atoms with Gasteiger partial charge in [0.2, 0.25) is 15.9 Å². The minimum atomic E-state index is -3.68. The smallest absolute Gasteiger partial charge is 0.243 e. The molecule has 1 aromatic rings. The number of halogens is 1. The van der Waals surface area contributed by atoms with Crippen LogP contribution in [0.15, 0.2) is 29.2 Å². The fourth-order valence-corrected chi connectivity index (χ4v) is 4.89. The van der Waals surface area contributed by atoms with Crippen molar-refractivity contribution in [3.63, 3.8) is 0 Å². The molecule has 1 atom stereocenters. The number of nitrogens with zero attached hydrogens (tertiary/aromatic N) is 2. The van der Waals surface area contributed by atoms with Crippen molar-refractivity contribution in [2.24, 2.45) is 5.92 Å². The maximum Gasteiger partial charge on any atom is 0.243 e. The standard InChI is InChI=1S/C17H24FN3O3S/c1-20-9-7-15(8-10-20)19-17(22)13-6-11-21(12-13)25(23,24)16-4-2-14(18)3-5-16/h2-5,13,15H,6-12H2,1H3,(H,19,22)/t13-/m0/s1. The molecule has 138 valence electrons. The molecule has 2 aliphatic rings. The van der Waals surface area contributed by atoms with Gasteiger partial charge in [0.15, 0.2) is 0 Å². The first kappa shape index (κ1) is 18.3. The second-order valence-electron chi connectivity index (χ2n) is 6.89. The van der Waals surface area contributed by atoms with Crippen LogP contribution in [0.2, 0.25) is 0 Å². The van der Waals surface area contributed by atoms with Crippen LogP contribution in [0.25, 0.3) is 0 Å². The number of nitrogens with one attached hydrogen (secondary N) is 1. The molecule has 8 heteroatoms. The number of piperidine rings is 1. The number of likely N-dealkylation sites (tertiary alicyclic amines) is 1. The summed E-state index contributed by atoms with van der Waals surface area (Å²) in [5.74, 6) is -0.864. The zero-order valence-corrected chi connectivity index (χ0v) is 15.1.